The van der Waals surface area contributed by atoms with E-state index in [9.17, 15) is 4.79 Å². The minimum Gasteiger partial charge on any atom is -0.292 e. The van der Waals surface area contributed by atoms with Gasteiger partial charge in [0.05, 0.1) is 10.1 Å². The highest BCUT2D eigenvalue weighted by Crippen LogP contribution is 2.33. The predicted octanol–water partition coefficient (Wildman–Crippen LogP) is 4.49. The van der Waals surface area contributed by atoms with Crippen LogP contribution in [0.15, 0.2) is 6.07 Å². The summed E-state index contributed by atoms with van der Waals surface area (Å²) < 4.78 is 0. The minimum absolute atomic E-state index is 0.251. The molecule has 0 aromatic carbocycles. The molecule has 0 radical (unpaired) electrons. The lowest BCUT2D eigenvalue weighted by Crippen LogP contribution is -2.20. The predicted molar refractivity (Wildman–Crippen MR) is 80.0 cm³/mol. The number of rotatable bonds is 2. The normalized spacial score (nSPS) is 24.3. The molecule has 1 aromatic heterocycles. The fourth-order valence-electron chi connectivity index (χ4n) is 2.90. The molecule has 0 N–H and O–H groups in total. The van der Waals surface area contributed by atoms with Crippen molar-refractivity contribution in [2.45, 2.75) is 56.6 Å². The maximum Gasteiger partial charge on any atom is 0.185 e. The first-order valence-electron chi connectivity index (χ1n) is 7.12. The lowest BCUT2D eigenvalue weighted by atomic mass is 10.1. The van der Waals surface area contributed by atoms with Gasteiger partial charge in [-0.2, -0.15) is 11.8 Å². The van der Waals surface area contributed by atoms with Crippen LogP contribution in [0, 0.1) is 0 Å². The van der Waals surface area contributed by atoms with Crippen molar-refractivity contribution in [1.82, 2.24) is 0 Å². The van der Waals surface area contributed by atoms with Crippen LogP contribution in [-0.2, 0) is 12.8 Å². The Kier molecular flexibility index (Phi) is 4.10. The molecule has 0 saturated carbocycles. The first-order chi connectivity index (χ1) is 8.84. The molecule has 0 spiro atoms. The zero-order valence-electron chi connectivity index (χ0n) is 10.7. The fourth-order valence-corrected chi connectivity index (χ4v) is 5.48. The summed E-state index contributed by atoms with van der Waals surface area (Å²) in [6.07, 6.45) is 9.95. The molecule has 2 aliphatic rings. The number of hydrogen-bond donors (Lipinski definition) is 0. The summed E-state index contributed by atoms with van der Waals surface area (Å²) >= 11 is 3.66. The van der Waals surface area contributed by atoms with E-state index in [0.717, 1.165) is 11.3 Å². The molecule has 0 bridgehead atoms. The van der Waals surface area contributed by atoms with Gasteiger partial charge in [-0.25, -0.2) is 0 Å². The van der Waals surface area contributed by atoms with Gasteiger partial charge in [-0.05, 0) is 55.9 Å². The largest absolute Gasteiger partial charge is 0.292 e. The maximum absolute atomic E-state index is 12.5. The standard InChI is InChI=1S/C15H20OS2/c16-15(13-8-4-5-9-17-13)14-10-11-6-2-1-3-7-12(11)18-14/h10,13H,1-9H2. The van der Waals surface area contributed by atoms with E-state index in [4.69, 9.17) is 0 Å². The van der Waals surface area contributed by atoms with Gasteiger partial charge >= 0.3 is 0 Å². The highest BCUT2D eigenvalue weighted by atomic mass is 32.2. The number of carbonyl (C=O) groups is 1. The van der Waals surface area contributed by atoms with Gasteiger partial charge in [0.15, 0.2) is 5.78 Å². The Hall–Kier alpha value is -0.280. The molecule has 0 amide bonds. The summed E-state index contributed by atoms with van der Waals surface area (Å²) in [4.78, 5) is 15.0. The quantitative estimate of drug-likeness (QED) is 0.586. The van der Waals surface area contributed by atoms with Gasteiger partial charge in [-0.15, -0.1) is 11.3 Å². The van der Waals surface area contributed by atoms with Crippen molar-refractivity contribution in [1.29, 1.82) is 0 Å². The summed E-state index contributed by atoms with van der Waals surface area (Å²) in [5.74, 6) is 1.58. The molecule has 1 nitrogen and oxygen atoms in total. The van der Waals surface area contributed by atoms with Crippen LogP contribution < -0.4 is 0 Å². The number of thioether (sulfide) groups is 1. The van der Waals surface area contributed by atoms with Crippen molar-refractivity contribution in [2.75, 3.05) is 5.75 Å². The molecule has 1 aliphatic carbocycles. The third kappa shape index (κ3) is 2.67. The van der Waals surface area contributed by atoms with Gasteiger partial charge in [0.1, 0.15) is 0 Å². The molecule has 1 atom stereocenters. The van der Waals surface area contributed by atoms with Crippen molar-refractivity contribution in [3.8, 4) is 0 Å². The third-order valence-electron chi connectivity index (χ3n) is 3.96. The molecule has 1 unspecified atom stereocenters. The third-order valence-corrected chi connectivity index (χ3v) is 6.59. The number of aryl methyl sites for hydroxylation is 2. The average Bonchev–Trinajstić information content (AvgIpc) is 2.70. The molecular weight excluding hydrogens is 260 g/mol. The Morgan fingerprint density at radius 1 is 1.11 bits per heavy atom. The number of Topliss-reactive ketones (excluding diaryl/α,β-unsaturated/α-hetero) is 1. The van der Waals surface area contributed by atoms with Crippen LogP contribution in [0.2, 0.25) is 0 Å². The summed E-state index contributed by atoms with van der Waals surface area (Å²) in [6, 6.07) is 2.21. The SMILES string of the molecule is O=C(c1cc2c(s1)CCCCC2)C1CCCCS1. The first kappa shape index (κ1) is 12.7. The maximum atomic E-state index is 12.5. The average molecular weight is 280 g/mol. The van der Waals surface area contributed by atoms with Gasteiger partial charge in [0.2, 0.25) is 0 Å². The van der Waals surface area contributed by atoms with Crippen molar-refractivity contribution in [3.63, 3.8) is 0 Å². The fraction of sp³-hybridized carbons (Fsp3) is 0.667. The highest BCUT2D eigenvalue weighted by Gasteiger charge is 2.25. The van der Waals surface area contributed by atoms with E-state index in [0.29, 0.717) is 5.78 Å². The molecule has 18 heavy (non-hydrogen) atoms. The number of ketones is 1. The van der Waals surface area contributed by atoms with Gasteiger partial charge in [-0.1, -0.05) is 12.8 Å². The molecule has 1 fully saturated rings. The Morgan fingerprint density at radius 3 is 2.83 bits per heavy atom. The van der Waals surface area contributed by atoms with E-state index < -0.39 is 0 Å². The lowest BCUT2D eigenvalue weighted by molar-refractivity contribution is 0.0988. The van der Waals surface area contributed by atoms with Crippen molar-refractivity contribution >= 4 is 28.9 Å². The van der Waals surface area contributed by atoms with Crippen LogP contribution in [0.5, 0.6) is 0 Å². The van der Waals surface area contributed by atoms with Crippen LogP contribution in [-0.4, -0.2) is 16.8 Å². The monoisotopic (exact) mass is 280 g/mol. The summed E-state index contributed by atoms with van der Waals surface area (Å²) in [6.45, 7) is 0. The second kappa shape index (κ2) is 5.79. The molecule has 3 heteroatoms. The topological polar surface area (TPSA) is 17.1 Å². The van der Waals surface area contributed by atoms with Crippen molar-refractivity contribution in [3.05, 3.63) is 21.4 Å². The second-order valence-corrected chi connectivity index (χ2v) is 7.79. The van der Waals surface area contributed by atoms with Gasteiger partial charge in [-0.3, -0.25) is 4.79 Å². The van der Waals surface area contributed by atoms with Crippen LogP contribution in [0.3, 0.4) is 0 Å². The van der Waals surface area contributed by atoms with Gasteiger partial charge in [0.25, 0.3) is 0 Å². The van der Waals surface area contributed by atoms with Crippen molar-refractivity contribution in [2.24, 2.45) is 0 Å². The smallest absolute Gasteiger partial charge is 0.185 e. The Bertz CT molecular complexity index is 406. The van der Waals surface area contributed by atoms with E-state index in [1.165, 1.54) is 61.1 Å². The lowest BCUT2D eigenvalue weighted by Gasteiger charge is -2.19. The molecule has 1 saturated heterocycles. The van der Waals surface area contributed by atoms with Crippen molar-refractivity contribution < 1.29 is 4.79 Å². The molecule has 98 valence electrons. The van der Waals surface area contributed by atoms with Gasteiger partial charge < -0.3 is 0 Å². The number of thiophene rings is 1. The number of carbonyl (C=O) groups excluding carboxylic acids is 1. The summed E-state index contributed by atoms with van der Waals surface area (Å²) in [5.41, 5.74) is 1.47. The molecule has 3 rings (SSSR count). The van der Waals surface area contributed by atoms with Crippen LogP contribution in [0.1, 0.15) is 58.6 Å². The zero-order chi connectivity index (χ0) is 12.4. The highest BCUT2D eigenvalue weighted by molar-refractivity contribution is 8.00. The van der Waals surface area contributed by atoms with E-state index in [-0.39, 0.29) is 5.25 Å². The molecular formula is C15H20OS2. The first-order valence-corrected chi connectivity index (χ1v) is 8.98. The minimum atomic E-state index is 0.251. The van der Waals surface area contributed by atoms with Gasteiger partial charge in [0, 0.05) is 4.88 Å². The van der Waals surface area contributed by atoms with Crippen LogP contribution in [0.4, 0.5) is 0 Å². The second-order valence-electron chi connectivity index (χ2n) is 5.34. The van der Waals surface area contributed by atoms with E-state index in [1.54, 1.807) is 11.3 Å². The van der Waals surface area contributed by atoms with Crippen LogP contribution >= 0.6 is 23.1 Å². The molecule has 1 aromatic rings. The van der Waals surface area contributed by atoms with E-state index >= 15 is 0 Å². The van der Waals surface area contributed by atoms with E-state index in [1.807, 2.05) is 11.8 Å². The molecule has 1 aliphatic heterocycles. The number of hydrogen-bond acceptors (Lipinski definition) is 3. The van der Waals surface area contributed by atoms with E-state index in [2.05, 4.69) is 6.07 Å². The summed E-state index contributed by atoms with van der Waals surface area (Å²) in [5, 5.41) is 0.251. The zero-order valence-corrected chi connectivity index (χ0v) is 12.4. The molecule has 2 heterocycles. The number of fused-ring (bicyclic) bond motifs is 1. The van der Waals surface area contributed by atoms with Crippen LogP contribution in [0.25, 0.3) is 0 Å². The Labute approximate surface area is 117 Å². The Morgan fingerprint density at radius 2 is 2.00 bits per heavy atom. The summed E-state index contributed by atoms with van der Waals surface area (Å²) in [7, 11) is 0. The Balaban J connectivity index is 1.77.